The van der Waals surface area contributed by atoms with Crippen LogP contribution in [0.25, 0.3) is 0 Å². The van der Waals surface area contributed by atoms with E-state index < -0.39 is 17.7 Å². The quantitative estimate of drug-likeness (QED) is 0.480. The van der Waals surface area contributed by atoms with Crippen molar-refractivity contribution >= 4 is 17.7 Å². The number of nitrogens with one attached hydrogen (secondary N) is 3. The Balaban J connectivity index is 2.44. The third kappa shape index (κ3) is 4.20. The van der Waals surface area contributed by atoms with Crippen molar-refractivity contribution in [2.75, 3.05) is 0 Å². The summed E-state index contributed by atoms with van der Waals surface area (Å²) in [5.41, 5.74) is 4.23. The molecule has 1 rings (SSSR count). The topological polar surface area (TPSA) is 100 Å². The van der Waals surface area contributed by atoms with Gasteiger partial charge in [0.15, 0.2) is 0 Å². The molecule has 1 aromatic heterocycles. The monoisotopic (exact) mass is 250 g/mol. The fourth-order valence-corrected chi connectivity index (χ4v) is 1.06. The molecule has 0 bridgehead atoms. The Labute approximate surface area is 104 Å². The van der Waals surface area contributed by atoms with E-state index in [-0.39, 0.29) is 11.7 Å². The average Bonchev–Trinajstić information content (AvgIpc) is 2.35. The van der Waals surface area contributed by atoms with Gasteiger partial charge in [0.2, 0.25) is 0 Å². The maximum absolute atomic E-state index is 11.5. The zero-order valence-electron chi connectivity index (χ0n) is 10.1. The van der Waals surface area contributed by atoms with Gasteiger partial charge in [-0.15, -0.1) is 0 Å². The SMILES string of the molecule is CC(C)NC(=O)C(=O)NNC(=O)c1ccccn1. The Kier molecular flexibility index (Phi) is 4.79. The van der Waals surface area contributed by atoms with Crippen LogP contribution >= 0.6 is 0 Å². The second kappa shape index (κ2) is 6.33. The van der Waals surface area contributed by atoms with E-state index in [4.69, 9.17) is 0 Å². The molecule has 0 atom stereocenters. The molecule has 0 unspecified atom stereocenters. The number of amides is 3. The van der Waals surface area contributed by atoms with Gasteiger partial charge in [-0.1, -0.05) is 6.07 Å². The van der Waals surface area contributed by atoms with Gasteiger partial charge in [-0.25, -0.2) is 0 Å². The largest absolute Gasteiger partial charge is 0.346 e. The Bertz CT molecular complexity index is 445. The van der Waals surface area contributed by atoms with Gasteiger partial charge >= 0.3 is 11.8 Å². The van der Waals surface area contributed by atoms with Crippen molar-refractivity contribution in [3.63, 3.8) is 0 Å². The molecule has 0 aliphatic heterocycles. The van der Waals surface area contributed by atoms with Crippen LogP contribution in [0.4, 0.5) is 0 Å². The lowest BCUT2D eigenvalue weighted by atomic mass is 10.3. The van der Waals surface area contributed by atoms with E-state index >= 15 is 0 Å². The van der Waals surface area contributed by atoms with Crippen LogP contribution in [0.3, 0.4) is 0 Å². The second-order valence-electron chi connectivity index (χ2n) is 3.75. The number of hydrogen-bond donors (Lipinski definition) is 3. The summed E-state index contributed by atoms with van der Waals surface area (Å²) >= 11 is 0. The number of aromatic nitrogens is 1. The molecule has 1 heterocycles. The molecule has 1 aromatic rings. The predicted octanol–water partition coefficient (Wildman–Crippen LogP) is -0.633. The highest BCUT2D eigenvalue weighted by molar-refractivity contribution is 6.35. The van der Waals surface area contributed by atoms with Crippen molar-refractivity contribution in [3.05, 3.63) is 30.1 Å². The first-order chi connectivity index (χ1) is 8.50. The van der Waals surface area contributed by atoms with Crippen LogP contribution in [0, 0.1) is 0 Å². The maximum atomic E-state index is 11.5. The van der Waals surface area contributed by atoms with E-state index in [1.807, 2.05) is 5.43 Å². The van der Waals surface area contributed by atoms with Crippen molar-refractivity contribution in [1.82, 2.24) is 21.2 Å². The number of hydrazine groups is 1. The highest BCUT2D eigenvalue weighted by Gasteiger charge is 2.15. The number of hydrogen-bond acceptors (Lipinski definition) is 4. The molecule has 0 radical (unpaired) electrons. The minimum atomic E-state index is -0.937. The van der Waals surface area contributed by atoms with Crippen molar-refractivity contribution in [2.24, 2.45) is 0 Å². The third-order valence-electron chi connectivity index (χ3n) is 1.81. The van der Waals surface area contributed by atoms with Crippen molar-refractivity contribution in [2.45, 2.75) is 19.9 Å². The molecule has 0 aliphatic rings. The molecule has 0 saturated carbocycles. The smallest absolute Gasteiger partial charge is 0.327 e. The summed E-state index contributed by atoms with van der Waals surface area (Å²) in [6, 6.07) is 4.62. The molecule has 0 spiro atoms. The van der Waals surface area contributed by atoms with Gasteiger partial charge in [-0.2, -0.15) is 0 Å². The van der Waals surface area contributed by atoms with Crippen LogP contribution in [-0.4, -0.2) is 28.7 Å². The Morgan fingerprint density at radius 3 is 2.39 bits per heavy atom. The lowest BCUT2D eigenvalue weighted by Gasteiger charge is -2.09. The van der Waals surface area contributed by atoms with Crippen molar-refractivity contribution in [1.29, 1.82) is 0 Å². The van der Waals surface area contributed by atoms with Gasteiger partial charge in [0.25, 0.3) is 5.91 Å². The van der Waals surface area contributed by atoms with E-state index in [1.165, 1.54) is 12.3 Å². The number of nitrogens with zero attached hydrogens (tertiary/aromatic N) is 1. The van der Waals surface area contributed by atoms with Crippen molar-refractivity contribution < 1.29 is 14.4 Å². The van der Waals surface area contributed by atoms with Crippen LogP contribution in [-0.2, 0) is 9.59 Å². The fraction of sp³-hybridized carbons (Fsp3) is 0.273. The summed E-state index contributed by atoms with van der Waals surface area (Å²) in [6.45, 7) is 3.44. The Hall–Kier alpha value is -2.44. The number of carbonyl (C=O) groups excluding carboxylic acids is 3. The van der Waals surface area contributed by atoms with Gasteiger partial charge in [0.1, 0.15) is 5.69 Å². The van der Waals surface area contributed by atoms with Crippen LogP contribution in [0.15, 0.2) is 24.4 Å². The van der Waals surface area contributed by atoms with Crippen LogP contribution in [0.2, 0.25) is 0 Å². The van der Waals surface area contributed by atoms with Crippen LogP contribution < -0.4 is 16.2 Å². The van der Waals surface area contributed by atoms with Gasteiger partial charge in [0.05, 0.1) is 0 Å². The van der Waals surface area contributed by atoms with Gasteiger partial charge in [-0.05, 0) is 26.0 Å². The summed E-state index contributed by atoms with van der Waals surface area (Å²) in [4.78, 5) is 37.7. The van der Waals surface area contributed by atoms with Crippen LogP contribution in [0.1, 0.15) is 24.3 Å². The third-order valence-corrected chi connectivity index (χ3v) is 1.81. The molecule has 0 fully saturated rings. The maximum Gasteiger partial charge on any atom is 0.327 e. The molecule has 3 N–H and O–H groups in total. The zero-order valence-corrected chi connectivity index (χ0v) is 10.1. The van der Waals surface area contributed by atoms with E-state index in [0.29, 0.717) is 0 Å². The van der Waals surface area contributed by atoms with Gasteiger partial charge < -0.3 is 5.32 Å². The second-order valence-corrected chi connectivity index (χ2v) is 3.75. The number of rotatable bonds is 2. The summed E-state index contributed by atoms with van der Waals surface area (Å²) in [5, 5.41) is 2.39. The minimum Gasteiger partial charge on any atom is -0.346 e. The molecule has 7 heteroatoms. The molecule has 18 heavy (non-hydrogen) atoms. The molecule has 0 saturated heterocycles. The first-order valence-corrected chi connectivity index (χ1v) is 5.33. The average molecular weight is 250 g/mol. The van der Waals surface area contributed by atoms with E-state index in [2.05, 4.69) is 15.7 Å². The van der Waals surface area contributed by atoms with E-state index in [9.17, 15) is 14.4 Å². The zero-order chi connectivity index (χ0) is 13.5. The highest BCUT2D eigenvalue weighted by Crippen LogP contribution is 1.91. The number of pyridine rings is 1. The standard InChI is InChI=1S/C11H14N4O3/c1-7(2)13-10(17)11(18)15-14-9(16)8-5-3-4-6-12-8/h3-7H,1-2H3,(H,13,17)(H,14,16)(H,15,18). The molecular weight excluding hydrogens is 236 g/mol. The summed E-state index contributed by atoms with van der Waals surface area (Å²) in [6.07, 6.45) is 1.45. The molecule has 7 nitrogen and oxygen atoms in total. The molecule has 96 valence electrons. The Morgan fingerprint density at radius 1 is 1.11 bits per heavy atom. The Morgan fingerprint density at radius 2 is 1.83 bits per heavy atom. The van der Waals surface area contributed by atoms with Crippen molar-refractivity contribution in [3.8, 4) is 0 Å². The first-order valence-electron chi connectivity index (χ1n) is 5.33. The summed E-state index contributed by atoms with van der Waals surface area (Å²) in [5.74, 6) is -2.35. The lowest BCUT2D eigenvalue weighted by molar-refractivity contribution is -0.139. The predicted molar refractivity (Wildman–Crippen MR) is 63.1 cm³/mol. The lowest BCUT2D eigenvalue weighted by Crippen LogP contribution is -2.49. The molecule has 0 aliphatic carbocycles. The summed E-state index contributed by atoms with van der Waals surface area (Å²) in [7, 11) is 0. The molecule has 0 aromatic carbocycles. The molecule has 3 amide bonds. The highest BCUT2D eigenvalue weighted by atomic mass is 16.2. The van der Waals surface area contributed by atoms with E-state index in [0.717, 1.165) is 0 Å². The van der Waals surface area contributed by atoms with Gasteiger partial charge in [-0.3, -0.25) is 30.2 Å². The number of carbonyl (C=O) groups is 3. The van der Waals surface area contributed by atoms with E-state index in [1.54, 1.807) is 26.0 Å². The normalized spacial score (nSPS) is 9.72. The fourth-order valence-electron chi connectivity index (χ4n) is 1.06. The first kappa shape index (κ1) is 13.6. The van der Waals surface area contributed by atoms with Crippen LogP contribution in [0.5, 0.6) is 0 Å². The summed E-state index contributed by atoms with van der Waals surface area (Å²) < 4.78 is 0. The minimum absolute atomic E-state index is 0.141. The molecular formula is C11H14N4O3. The van der Waals surface area contributed by atoms with Gasteiger partial charge in [0, 0.05) is 12.2 Å².